The van der Waals surface area contributed by atoms with Crippen LogP contribution in [-0.2, 0) is 17.8 Å². The Hall–Kier alpha value is -1.84. The number of nitrogens with zero attached hydrogens (tertiary/aromatic N) is 1. The molecule has 2 aromatic rings. The second-order valence-corrected chi connectivity index (χ2v) is 6.09. The van der Waals surface area contributed by atoms with E-state index in [1.54, 1.807) is 4.90 Å². The Morgan fingerprint density at radius 1 is 1.40 bits per heavy atom. The number of aromatic amines is 1. The summed E-state index contributed by atoms with van der Waals surface area (Å²) in [7, 11) is 0. The van der Waals surface area contributed by atoms with E-state index in [2.05, 4.69) is 11.1 Å². The van der Waals surface area contributed by atoms with E-state index in [-0.39, 0.29) is 6.04 Å². The van der Waals surface area contributed by atoms with Gasteiger partial charge in [-0.1, -0.05) is 18.2 Å². The number of nitrogens with one attached hydrogen (secondary N) is 1. The van der Waals surface area contributed by atoms with Gasteiger partial charge in [0, 0.05) is 22.6 Å². The molecule has 0 saturated carbocycles. The summed E-state index contributed by atoms with van der Waals surface area (Å²) in [6, 6.07) is 8.14. The fourth-order valence-electron chi connectivity index (χ4n) is 2.97. The first-order valence-corrected chi connectivity index (χ1v) is 6.96. The van der Waals surface area contributed by atoms with Crippen LogP contribution in [0.3, 0.4) is 0 Å². The third-order valence-electron chi connectivity index (χ3n) is 4.03. The Morgan fingerprint density at radius 2 is 2.10 bits per heavy atom. The summed E-state index contributed by atoms with van der Waals surface area (Å²) in [5.41, 5.74) is 1.55. The number of halogens is 1. The van der Waals surface area contributed by atoms with Crippen LogP contribution < -0.4 is 0 Å². The molecule has 1 aliphatic heterocycles. The van der Waals surface area contributed by atoms with Gasteiger partial charge in [0.25, 0.3) is 5.91 Å². The molecular weight excluding hydrogens is 255 g/mol. The molecule has 1 aliphatic rings. The maximum absolute atomic E-state index is 13.9. The lowest BCUT2D eigenvalue weighted by Gasteiger charge is -2.36. The molecule has 1 aromatic carbocycles. The Morgan fingerprint density at radius 3 is 2.80 bits per heavy atom. The molecule has 0 bridgehead atoms. The van der Waals surface area contributed by atoms with Crippen molar-refractivity contribution in [2.75, 3.05) is 0 Å². The Kier molecular flexibility index (Phi) is 2.85. The highest BCUT2D eigenvalue weighted by Gasteiger charge is 2.37. The van der Waals surface area contributed by atoms with Crippen LogP contribution in [0.25, 0.3) is 10.9 Å². The van der Waals surface area contributed by atoms with Crippen LogP contribution in [-0.4, -0.2) is 27.5 Å². The number of carbonyl (C=O) groups excluding carboxylic acids is 1. The van der Waals surface area contributed by atoms with E-state index in [0.717, 1.165) is 17.6 Å². The zero-order chi connectivity index (χ0) is 14.5. The predicted octanol–water partition coefficient (Wildman–Crippen LogP) is 3.19. The number of amides is 1. The topological polar surface area (TPSA) is 36.1 Å². The van der Waals surface area contributed by atoms with E-state index in [0.29, 0.717) is 6.54 Å². The predicted molar refractivity (Wildman–Crippen MR) is 77.2 cm³/mol. The summed E-state index contributed by atoms with van der Waals surface area (Å²) in [6.07, 6.45) is 0.765. The van der Waals surface area contributed by atoms with E-state index < -0.39 is 11.6 Å². The molecule has 1 amide bonds. The molecule has 3 nitrogen and oxygen atoms in total. The lowest BCUT2D eigenvalue weighted by atomic mass is 9.96. The highest BCUT2D eigenvalue weighted by molar-refractivity contribution is 5.87. The van der Waals surface area contributed by atoms with E-state index in [4.69, 9.17) is 0 Å². The number of para-hydroxylation sites is 1. The summed E-state index contributed by atoms with van der Waals surface area (Å²) < 4.78 is 13.9. The SMILES string of the molecule is C[C@@H]1Cc2c([nH]c3ccccc23)CN1C(=O)C(C)(C)F. The van der Waals surface area contributed by atoms with Gasteiger partial charge in [0.2, 0.25) is 0 Å². The Balaban J connectivity index is 2.01. The van der Waals surface area contributed by atoms with E-state index in [9.17, 15) is 9.18 Å². The highest BCUT2D eigenvalue weighted by atomic mass is 19.1. The molecule has 0 unspecified atom stereocenters. The van der Waals surface area contributed by atoms with Crippen molar-refractivity contribution in [3.8, 4) is 0 Å². The van der Waals surface area contributed by atoms with Crippen molar-refractivity contribution < 1.29 is 9.18 Å². The van der Waals surface area contributed by atoms with Crippen LogP contribution in [0.15, 0.2) is 24.3 Å². The van der Waals surface area contributed by atoms with Crippen LogP contribution in [0.4, 0.5) is 4.39 Å². The second kappa shape index (κ2) is 4.33. The minimum Gasteiger partial charge on any atom is -0.357 e. The second-order valence-electron chi connectivity index (χ2n) is 6.09. The summed E-state index contributed by atoms with van der Waals surface area (Å²) in [5, 5.41) is 1.21. The van der Waals surface area contributed by atoms with Gasteiger partial charge < -0.3 is 9.88 Å². The number of hydrogen-bond acceptors (Lipinski definition) is 1. The van der Waals surface area contributed by atoms with Crippen molar-refractivity contribution in [2.24, 2.45) is 0 Å². The number of benzene rings is 1. The first-order valence-electron chi connectivity index (χ1n) is 6.96. The molecule has 0 fully saturated rings. The molecule has 1 N–H and O–H groups in total. The number of hydrogen-bond donors (Lipinski definition) is 1. The van der Waals surface area contributed by atoms with Crippen LogP contribution >= 0.6 is 0 Å². The summed E-state index contributed by atoms with van der Waals surface area (Å²) in [6.45, 7) is 5.08. The lowest BCUT2D eigenvalue weighted by Crippen LogP contribution is -2.49. The van der Waals surface area contributed by atoms with Gasteiger partial charge >= 0.3 is 0 Å². The minimum absolute atomic E-state index is 0.0178. The summed E-state index contributed by atoms with van der Waals surface area (Å²) in [4.78, 5) is 17.2. The molecule has 106 valence electrons. The molecule has 1 atom stereocenters. The van der Waals surface area contributed by atoms with E-state index in [1.807, 2.05) is 25.1 Å². The van der Waals surface area contributed by atoms with Crippen molar-refractivity contribution in [1.82, 2.24) is 9.88 Å². The van der Waals surface area contributed by atoms with Crippen LogP contribution in [0.1, 0.15) is 32.0 Å². The van der Waals surface area contributed by atoms with Crippen LogP contribution in [0.5, 0.6) is 0 Å². The molecule has 20 heavy (non-hydrogen) atoms. The zero-order valence-electron chi connectivity index (χ0n) is 12.0. The van der Waals surface area contributed by atoms with Gasteiger partial charge in [-0.05, 0) is 38.8 Å². The standard InChI is InChI=1S/C16H19FN2O/c1-10-8-12-11-6-4-5-7-13(11)18-14(12)9-19(10)15(20)16(2,3)17/h4-7,10,18H,8-9H2,1-3H3/t10-/m1/s1. The molecule has 0 radical (unpaired) electrons. The lowest BCUT2D eigenvalue weighted by molar-refractivity contribution is -0.145. The van der Waals surface area contributed by atoms with Crippen molar-refractivity contribution >= 4 is 16.8 Å². The highest BCUT2D eigenvalue weighted by Crippen LogP contribution is 2.31. The molecule has 2 heterocycles. The number of aromatic nitrogens is 1. The fourth-order valence-corrected chi connectivity index (χ4v) is 2.97. The smallest absolute Gasteiger partial charge is 0.260 e. The summed E-state index contributed by atoms with van der Waals surface area (Å²) in [5.74, 6) is -0.436. The van der Waals surface area contributed by atoms with Gasteiger partial charge in [-0.15, -0.1) is 0 Å². The molecule has 0 aliphatic carbocycles. The molecule has 1 aromatic heterocycles. The molecule has 3 rings (SSSR count). The van der Waals surface area contributed by atoms with Gasteiger partial charge in [0.15, 0.2) is 5.67 Å². The van der Waals surface area contributed by atoms with Crippen molar-refractivity contribution in [3.63, 3.8) is 0 Å². The number of alkyl halides is 1. The monoisotopic (exact) mass is 274 g/mol. The van der Waals surface area contributed by atoms with Crippen LogP contribution in [0, 0.1) is 0 Å². The fraction of sp³-hybridized carbons (Fsp3) is 0.438. The maximum Gasteiger partial charge on any atom is 0.260 e. The quantitative estimate of drug-likeness (QED) is 0.851. The van der Waals surface area contributed by atoms with E-state index in [1.165, 1.54) is 24.8 Å². The van der Waals surface area contributed by atoms with Crippen molar-refractivity contribution in [2.45, 2.75) is 45.4 Å². The number of carbonyl (C=O) groups is 1. The summed E-state index contributed by atoms with van der Waals surface area (Å²) >= 11 is 0. The van der Waals surface area contributed by atoms with Gasteiger partial charge in [0.1, 0.15) is 0 Å². The molecular formula is C16H19FN2O. The zero-order valence-corrected chi connectivity index (χ0v) is 12.0. The first-order chi connectivity index (χ1) is 9.38. The minimum atomic E-state index is -1.82. The molecule has 4 heteroatoms. The van der Waals surface area contributed by atoms with Gasteiger partial charge in [0.05, 0.1) is 6.54 Å². The largest absolute Gasteiger partial charge is 0.357 e. The maximum atomic E-state index is 13.9. The average Bonchev–Trinajstić information content (AvgIpc) is 2.74. The number of rotatable bonds is 1. The third kappa shape index (κ3) is 1.99. The van der Waals surface area contributed by atoms with Crippen LogP contribution in [0.2, 0.25) is 0 Å². The Labute approximate surface area is 117 Å². The van der Waals surface area contributed by atoms with Gasteiger partial charge in [-0.3, -0.25) is 4.79 Å². The molecule has 0 spiro atoms. The first kappa shape index (κ1) is 13.2. The number of H-pyrrole nitrogens is 1. The third-order valence-corrected chi connectivity index (χ3v) is 4.03. The van der Waals surface area contributed by atoms with E-state index >= 15 is 0 Å². The average molecular weight is 274 g/mol. The number of fused-ring (bicyclic) bond motifs is 3. The van der Waals surface area contributed by atoms with Gasteiger partial charge in [-0.25, -0.2) is 4.39 Å². The molecule has 0 saturated heterocycles. The van der Waals surface area contributed by atoms with Crippen molar-refractivity contribution in [3.05, 3.63) is 35.5 Å². The Bertz CT molecular complexity index is 669. The normalized spacial score (nSPS) is 19.2. The van der Waals surface area contributed by atoms with Gasteiger partial charge in [-0.2, -0.15) is 0 Å². The van der Waals surface area contributed by atoms with Crippen molar-refractivity contribution in [1.29, 1.82) is 0 Å².